The number of hydrogen-bond donors (Lipinski definition) is 1. The molecule has 0 aliphatic carbocycles. The number of benzene rings is 3. The van der Waals surface area contributed by atoms with E-state index in [4.69, 9.17) is 4.74 Å². The Kier molecular flexibility index (Phi) is 4.85. The first-order valence-corrected chi connectivity index (χ1v) is 13.2. The molecule has 1 aromatic heterocycles. The van der Waals surface area contributed by atoms with Gasteiger partial charge in [-0.05, 0) is 47.9 Å². The third-order valence-corrected chi connectivity index (χ3v) is 10.2. The molecule has 5 rings (SSSR count). The predicted octanol–water partition coefficient (Wildman–Crippen LogP) is 3.85. The van der Waals surface area contributed by atoms with Crippen molar-refractivity contribution >= 4 is 59.6 Å². The number of sulfone groups is 1. The van der Waals surface area contributed by atoms with Crippen LogP contribution in [0.5, 0.6) is 0 Å². The van der Waals surface area contributed by atoms with Gasteiger partial charge < -0.3 is 4.74 Å². The largest absolute Gasteiger partial charge is 0.386 e. The molecular formula is C22H13NO7S3. The Bertz CT molecular complexity index is 1670. The quantitative estimate of drug-likeness (QED) is 0.327. The van der Waals surface area contributed by atoms with E-state index in [2.05, 4.69) is 4.72 Å². The second kappa shape index (κ2) is 7.51. The molecule has 3 aromatic carbocycles. The number of rotatable bonds is 5. The molecule has 0 spiro atoms. The highest BCUT2D eigenvalue weighted by molar-refractivity contribution is 7.96. The minimum absolute atomic E-state index is 0.0546. The first-order chi connectivity index (χ1) is 15.7. The summed E-state index contributed by atoms with van der Waals surface area (Å²) >= 11 is 0.614. The Morgan fingerprint density at radius 2 is 1.42 bits per heavy atom. The van der Waals surface area contributed by atoms with Gasteiger partial charge >= 0.3 is 11.9 Å². The smallest absolute Gasteiger partial charge is 0.346 e. The normalized spacial score (nSPS) is 13.7. The van der Waals surface area contributed by atoms with Crippen molar-refractivity contribution < 1.29 is 31.2 Å². The van der Waals surface area contributed by atoms with Crippen molar-refractivity contribution in [2.45, 2.75) is 13.3 Å². The molecule has 166 valence electrons. The van der Waals surface area contributed by atoms with Crippen LogP contribution in [0.1, 0.15) is 20.7 Å². The van der Waals surface area contributed by atoms with Gasteiger partial charge in [0.1, 0.15) is 8.42 Å². The van der Waals surface area contributed by atoms with Crippen LogP contribution in [-0.2, 0) is 24.6 Å². The van der Waals surface area contributed by atoms with E-state index < -0.39 is 31.8 Å². The van der Waals surface area contributed by atoms with Crippen molar-refractivity contribution in [3.63, 3.8) is 0 Å². The molecule has 0 bridgehead atoms. The van der Waals surface area contributed by atoms with Crippen molar-refractivity contribution in [3.8, 4) is 0 Å². The molecule has 2 heterocycles. The average molecular weight is 500 g/mol. The molecule has 0 atom stereocenters. The molecule has 0 fully saturated rings. The zero-order chi connectivity index (χ0) is 23.4. The van der Waals surface area contributed by atoms with Gasteiger partial charge in [0.15, 0.2) is 0 Å². The lowest BCUT2D eigenvalue weighted by Gasteiger charge is -2.17. The number of sulfonamides is 1. The zero-order valence-electron chi connectivity index (χ0n) is 16.5. The number of cyclic esters (lactones) is 2. The molecule has 0 amide bonds. The van der Waals surface area contributed by atoms with E-state index in [-0.39, 0.29) is 30.1 Å². The molecule has 4 aromatic rings. The summed E-state index contributed by atoms with van der Waals surface area (Å²) < 4.78 is 58.3. The maximum Gasteiger partial charge on any atom is 0.346 e. The Labute approximate surface area is 192 Å². The summed E-state index contributed by atoms with van der Waals surface area (Å²) in [7, 11) is -8.03. The molecule has 11 heteroatoms. The van der Waals surface area contributed by atoms with Crippen molar-refractivity contribution in [2.24, 2.45) is 0 Å². The number of thiophene rings is 1. The third-order valence-electron chi connectivity index (χ3n) is 4.99. The van der Waals surface area contributed by atoms with Gasteiger partial charge in [-0.2, -0.15) is 0 Å². The summed E-state index contributed by atoms with van der Waals surface area (Å²) in [6.07, 6.45) is 0. The van der Waals surface area contributed by atoms with E-state index in [1.165, 1.54) is 42.5 Å². The van der Waals surface area contributed by atoms with Crippen LogP contribution in [-0.4, -0.2) is 28.8 Å². The lowest BCUT2D eigenvalue weighted by molar-refractivity contribution is 0.0391. The lowest BCUT2D eigenvalue weighted by Crippen LogP contribution is -2.20. The van der Waals surface area contributed by atoms with E-state index in [9.17, 15) is 26.4 Å². The van der Waals surface area contributed by atoms with E-state index in [1.54, 1.807) is 30.3 Å². The van der Waals surface area contributed by atoms with Gasteiger partial charge in [-0.3, -0.25) is 4.72 Å². The first kappa shape index (κ1) is 21.3. The topological polar surface area (TPSA) is 124 Å². The molecule has 0 saturated carbocycles. The van der Waals surface area contributed by atoms with Gasteiger partial charge in [0.25, 0.3) is 10.0 Å². The van der Waals surface area contributed by atoms with Crippen LogP contribution in [0.25, 0.3) is 10.8 Å². The lowest BCUT2D eigenvalue weighted by atomic mass is 9.97. The highest BCUT2D eigenvalue weighted by atomic mass is 32.3. The van der Waals surface area contributed by atoms with E-state index >= 15 is 0 Å². The number of esters is 2. The minimum atomic E-state index is -4.16. The zero-order valence-corrected chi connectivity index (χ0v) is 19.0. The Morgan fingerprint density at radius 1 is 0.727 bits per heavy atom. The fourth-order valence-electron chi connectivity index (χ4n) is 3.53. The van der Waals surface area contributed by atoms with Crippen LogP contribution in [0.4, 0.5) is 5.69 Å². The Balaban J connectivity index is 1.52. The SMILES string of the molecule is O=C1OC(=O)c2cc(NS(=O)(=O)c3ccc(S(=O)(=O)c4ccccc4)s3)cc3cccc1c23. The second-order valence-electron chi connectivity index (χ2n) is 7.10. The highest BCUT2D eigenvalue weighted by Gasteiger charge is 2.29. The highest BCUT2D eigenvalue weighted by Crippen LogP contribution is 2.34. The summed E-state index contributed by atoms with van der Waals surface area (Å²) in [6, 6.07) is 17.7. The van der Waals surface area contributed by atoms with Crippen LogP contribution < -0.4 is 4.72 Å². The predicted molar refractivity (Wildman–Crippen MR) is 121 cm³/mol. The van der Waals surface area contributed by atoms with Gasteiger partial charge in [-0.1, -0.05) is 30.3 Å². The molecular weight excluding hydrogens is 486 g/mol. The van der Waals surface area contributed by atoms with Gasteiger partial charge in [-0.25, -0.2) is 26.4 Å². The van der Waals surface area contributed by atoms with Gasteiger partial charge in [0, 0.05) is 5.39 Å². The van der Waals surface area contributed by atoms with E-state index in [0.717, 1.165) is 0 Å². The van der Waals surface area contributed by atoms with Crippen LogP contribution in [0.15, 0.2) is 86.1 Å². The van der Waals surface area contributed by atoms with Crippen LogP contribution >= 0.6 is 11.3 Å². The monoisotopic (exact) mass is 499 g/mol. The molecule has 33 heavy (non-hydrogen) atoms. The number of carbonyl (C=O) groups excluding carboxylic acids is 2. The fraction of sp³-hybridized carbons (Fsp3) is 0. The first-order valence-electron chi connectivity index (χ1n) is 9.43. The van der Waals surface area contributed by atoms with Crippen molar-refractivity contribution in [3.05, 3.63) is 83.9 Å². The summed E-state index contributed by atoms with van der Waals surface area (Å²) in [5.41, 5.74) is 0.339. The summed E-state index contributed by atoms with van der Waals surface area (Å²) in [5, 5.41) is 0.861. The number of carbonyl (C=O) groups is 2. The third kappa shape index (κ3) is 3.59. The molecule has 1 aliphatic heterocycles. The molecule has 8 nitrogen and oxygen atoms in total. The summed E-state index contributed by atoms with van der Waals surface area (Å²) in [4.78, 5) is 24.3. The van der Waals surface area contributed by atoms with Crippen molar-refractivity contribution in [2.75, 3.05) is 4.72 Å². The average Bonchev–Trinajstić information content (AvgIpc) is 3.30. The van der Waals surface area contributed by atoms with Crippen molar-refractivity contribution in [1.82, 2.24) is 0 Å². The standard InChI is InChI=1S/C22H13NO7S3/c24-21-16-8-4-5-13-11-14(12-17(20(13)16)22(25)30-21)23-33(28,29)19-10-9-18(31-19)32(26,27)15-6-2-1-3-7-15/h1-12,23H. The van der Waals surface area contributed by atoms with Gasteiger partial charge in [0.2, 0.25) is 9.84 Å². The van der Waals surface area contributed by atoms with Gasteiger partial charge in [0.05, 0.1) is 21.7 Å². The van der Waals surface area contributed by atoms with Crippen LogP contribution in [0.3, 0.4) is 0 Å². The summed E-state index contributed by atoms with van der Waals surface area (Å²) in [5.74, 6) is -1.64. The van der Waals surface area contributed by atoms with Crippen molar-refractivity contribution in [1.29, 1.82) is 0 Å². The van der Waals surface area contributed by atoms with Crippen LogP contribution in [0, 0.1) is 0 Å². The molecule has 0 saturated heterocycles. The molecule has 1 N–H and O–H groups in total. The fourth-order valence-corrected chi connectivity index (χ4v) is 7.76. The molecule has 0 unspecified atom stereocenters. The minimum Gasteiger partial charge on any atom is -0.386 e. The molecule has 0 radical (unpaired) electrons. The summed E-state index contributed by atoms with van der Waals surface area (Å²) in [6.45, 7) is 0. The van der Waals surface area contributed by atoms with Gasteiger partial charge in [-0.15, -0.1) is 11.3 Å². The molecule has 1 aliphatic rings. The number of anilines is 1. The van der Waals surface area contributed by atoms with E-state index in [0.29, 0.717) is 22.1 Å². The van der Waals surface area contributed by atoms with E-state index in [1.807, 2.05) is 0 Å². The maximum absolute atomic E-state index is 13.0. The second-order valence-corrected chi connectivity index (χ2v) is 12.3. The number of hydrogen-bond acceptors (Lipinski definition) is 8. The number of ether oxygens (including phenoxy) is 1. The maximum atomic E-state index is 13.0. The number of nitrogens with one attached hydrogen (secondary N) is 1. The Hall–Kier alpha value is -3.54. The Morgan fingerprint density at radius 3 is 2.18 bits per heavy atom. The van der Waals surface area contributed by atoms with Crippen LogP contribution in [0.2, 0.25) is 0 Å².